The second kappa shape index (κ2) is 5.55. The van der Waals surface area contributed by atoms with Crippen molar-refractivity contribution in [2.24, 2.45) is 0 Å². The van der Waals surface area contributed by atoms with E-state index in [1.807, 2.05) is 0 Å². The number of nitrogens with zero attached hydrogens (tertiary/aromatic N) is 3. The SMILES string of the molecule is CC(Cl)C(=O)N1CCCC1c1nccc(C(F)(F)F)n1. The molecule has 0 saturated carbocycles. The number of carbonyl (C=O) groups excluding carboxylic acids is 1. The Bertz CT molecular complexity index is 507. The zero-order valence-electron chi connectivity index (χ0n) is 10.7. The summed E-state index contributed by atoms with van der Waals surface area (Å²) >= 11 is 5.75. The third-order valence-electron chi connectivity index (χ3n) is 3.14. The van der Waals surface area contributed by atoms with Crippen LogP contribution in [0.3, 0.4) is 0 Å². The average molecular weight is 308 g/mol. The van der Waals surface area contributed by atoms with E-state index in [-0.39, 0.29) is 11.7 Å². The van der Waals surface area contributed by atoms with Gasteiger partial charge in [0.25, 0.3) is 0 Å². The molecule has 0 spiro atoms. The van der Waals surface area contributed by atoms with Crippen molar-refractivity contribution >= 4 is 17.5 Å². The summed E-state index contributed by atoms with van der Waals surface area (Å²) < 4.78 is 37.9. The molecule has 2 heterocycles. The van der Waals surface area contributed by atoms with Gasteiger partial charge in [0.15, 0.2) is 5.82 Å². The first-order chi connectivity index (χ1) is 9.30. The van der Waals surface area contributed by atoms with E-state index in [9.17, 15) is 18.0 Å². The Labute approximate surface area is 119 Å². The standard InChI is InChI=1S/C12H13ClF3N3O/c1-7(13)11(20)19-6-2-3-8(19)10-17-5-4-9(18-10)12(14,15)16/h4-5,7-8H,2-3,6H2,1H3. The highest BCUT2D eigenvalue weighted by molar-refractivity contribution is 6.30. The first-order valence-corrected chi connectivity index (χ1v) is 6.59. The molecule has 110 valence electrons. The maximum atomic E-state index is 12.6. The van der Waals surface area contributed by atoms with E-state index in [1.165, 1.54) is 11.8 Å². The topological polar surface area (TPSA) is 46.1 Å². The van der Waals surface area contributed by atoms with Crippen LogP contribution in [0.5, 0.6) is 0 Å². The van der Waals surface area contributed by atoms with Crippen LogP contribution in [0.15, 0.2) is 12.3 Å². The molecule has 4 nitrogen and oxygen atoms in total. The quantitative estimate of drug-likeness (QED) is 0.789. The van der Waals surface area contributed by atoms with Crippen LogP contribution in [-0.2, 0) is 11.0 Å². The smallest absolute Gasteiger partial charge is 0.331 e. The minimum Gasteiger partial charge on any atom is -0.331 e. The Kier molecular flexibility index (Phi) is 4.17. The molecule has 0 N–H and O–H groups in total. The van der Waals surface area contributed by atoms with E-state index in [1.54, 1.807) is 0 Å². The van der Waals surface area contributed by atoms with Crippen molar-refractivity contribution in [2.75, 3.05) is 6.54 Å². The van der Waals surface area contributed by atoms with E-state index >= 15 is 0 Å². The van der Waals surface area contributed by atoms with Crippen molar-refractivity contribution in [2.45, 2.75) is 37.4 Å². The highest BCUT2D eigenvalue weighted by Gasteiger charge is 2.37. The first kappa shape index (κ1) is 15.0. The monoisotopic (exact) mass is 307 g/mol. The summed E-state index contributed by atoms with van der Waals surface area (Å²) in [6, 6.07) is 0.278. The minimum absolute atomic E-state index is 0.0167. The van der Waals surface area contributed by atoms with Gasteiger partial charge in [-0.3, -0.25) is 4.79 Å². The summed E-state index contributed by atoms with van der Waals surface area (Å²) in [7, 11) is 0. The third kappa shape index (κ3) is 3.03. The minimum atomic E-state index is -4.52. The summed E-state index contributed by atoms with van der Waals surface area (Å²) in [5.74, 6) is -0.293. The van der Waals surface area contributed by atoms with Gasteiger partial charge in [0.2, 0.25) is 5.91 Å². The fourth-order valence-corrected chi connectivity index (χ4v) is 2.34. The van der Waals surface area contributed by atoms with Crippen LogP contribution in [0.25, 0.3) is 0 Å². The molecule has 2 unspecified atom stereocenters. The normalized spacial score (nSPS) is 21.1. The van der Waals surface area contributed by atoms with Gasteiger partial charge in [-0.2, -0.15) is 13.2 Å². The fraction of sp³-hybridized carbons (Fsp3) is 0.583. The molecule has 1 amide bonds. The molecule has 2 rings (SSSR count). The highest BCUT2D eigenvalue weighted by Crippen LogP contribution is 2.33. The number of alkyl halides is 4. The van der Waals surface area contributed by atoms with Gasteiger partial charge < -0.3 is 4.90 Å². The van der Waals surface area contributed by atoms with Gasteiger partial charge in [0.1, 0.15) is 11.1 Å². The number of rotatable bonds is 2. The lowest BCUT2D eigenvalue weighted by Crippen LogP contribution is -2.36. The zero-order chi connectivity index (χ0) is 14.9. The lowest BCUT2D eigenvalue weighted by Gasteiger charge is -2.25. The number of amides is 1. The number of hydrogen-bond donors (Lipinski definition) is 0. The van der Waals surface area contributed by atoms with Crippen LogP contribution in [0, 0.1) is 0 Å². The van der Waals surface area contributed by atoms with Crippen LogP contribution in [0.1, 0.15) is 37.3 Å². The molecule has 2 atom stereocenters. The van der Waals surface area contributed by atoms with Crippen molar-refractivity contribution in [3.63, 3.8) is 0 Å². The molecule has 0 radical (unpaired) electrons. The zero-order valence-corrected chi connectivity index (χ0v) is 11.4. The molecule has 20 heavy (non-hydrogen) atoms. The lowest BCUT2D eigenvalue weighted by atomic mass is 10.2. The van der Waals surface area contributed by atoms with Gasteiger partial charge in [-0.15, -0.1) is 11.6 Å². The van der Waals surface area contributed by atoms with Crippen molar-refractivity contribution in [1.29, 1.82) is 0 Å². The lowest BCUT2D eigenvalue weighted by molar-refractivity contribution is -0.141. The van der Waals surface area contributed by atoms with Crippen molar-refractivity contribution in [1.82, 2.24) is 14.9 Å². The first-order valence-electron chi connectivity index (χ1n) is 6.15. The molecule has 1 saturated heterocycles. The average Bonchev–Trinajstić information content (AvgIpc) is 2.86. The van der Waals surface area contributed by atoms with Crippen molar-refractivity contribution in [3.05, 3.63) is 23.8 Å². The second-order valence-corrected chi connectivity index (χ2v) is 5.26. The molecular weight excluding hydrogens is 295 g/mol. The Hall–Kier alpha value is -1.37. The molecule has 1 aliphatic heterocycles. The summed E-state index contributed by atoms with van der Waals surface area (Å²) in [5, 5.41) is -0.721. The van der Waals surface area contributed by atoms with Crippen molar-refractivity contribution < 1.29 is 18.0 Å². The van der Waals surface area contributed by atoms with Gasteiger partial charge in [-0.05, 0) is 25.8 Å². The maximum absolute atomic E-state index is 12.6. The van der Waals surface area contributed by atoms with Gasteiger partial charge in [-0.1, -0.05) is 0 Å². The van der Waals surface area contributed by atoms with Crippen LogP contribution in [0.4, 0.5) is 13.2 Å². The summed E-state index contributed by atoms with van der Waals surface area (Å²) in [6.45, 7) is 1.99. The molecule has 0 aliphatic carbocycles. The largest absolute Gasteiger partial charge is 0.433 e. The van der Waals surface area contributed by atoms with E-state index < -0.39 is 23.3 Å². The molecule has 1 aliphatic rings. The summed E-state index contributed by atoms with van der Waals surface area (Å²) in [6.07, 6.45) is -2.22. The Balaban J connectivity index is 2.29. The van der Waals surface area contributed by atoms with Crippen LogP contribution in [-0.4, -0.2) is 32.7 Å². The molecule has 1 aromatic rings. The number of hydrogen-bond acceptors (Lipinski definition) is 3. The van der Waals surface area contributed by atoms with E-state index in [2.05, 4.69) is 9.97 Å². The summed E-state index contributed by atoms with van der Waals surface area (Å²) in [5.41, 5.74) is -0.999. The molecular formula is C12H13ClF3N3O. The Morgan fingerprint density at radius 1 is 1.55 bits per heavy atom. The maximum Gasteiger partial charge on any atom is 0.433 e. The van der Waals surface area contributed by atoms with Gasteiger partial charge >= 0.3 is 6.18 Å². The molecule has 0 bridgehead atoms. The number of carbonyl (C=O) groups is 1. The number of halogens is 4. The second-order valence-electron chi connectivity index (χ2n) is 4.60. The highest BCUT2D eigenvalue weighted by atomic mass is 35.5. The van der Waals surface area contributed by atoms with Gasteiger partial charge in [0.05, 0.1) is 6.04 Å². The predicted octanol–water partition coefficient (Wildman–Crippen LogP) is 2.79. The molecule has 1 aromatic heterocycles. The Morgan fingerprint density at radius 2 is 2.25 bits per heavy atom. The molecule has 1 fully saturated rings. The summed E-state index contributed by atoms with van der Waals surface area (Å²) in [4.78, 5) is 20.8. The van der Waals surface area contributed by atoms with Crippen molar-refractivity contribution in [3.8, 4) is 0 Å². The third-order valence-corrected chi connectivity index (χ3v) is 3.33. The van der Waals surface area contributed by atoms with Gasteiger partial charge in [0, 0.05) is 12.7 Å². The van der Waals surface area contributed by atoms with Crippen LogP contribution < -0.4 is 0 Å². The van der Waals surface area contributed by atoms with E-state index in [4.69, 9.17) is 11.6 Å². The number of likely N-dealkylation sites (tertiary alicyclic amines) is 1. The van der Waals surface area contributed by atoms with Crippen LogP contribution >= 0.6 is 11.6 Å². The van der Waals surface area contributed by atoms with Gasteiger partial charge in [-0.25, -0.2) is 9.97 Å². The van der Waals surface area contributed by atoms with E-state index in [0.29, 0.717) is 19.4 Å². The predicted molar refractivity (Wildman–Crippen MR) is 66.0 cm³/mol. The molecule has 8 heteroatoms. The Morgan fingerprint density at radius 3 is 2.85 bits per heavy atom. The number of aromatic nitrogens is 2. The van der Waals surface area contributed by atoms with Crippen LogP contribution in [0.2, 0.25) is 0 Å². The molecule has 0 aromatic carbocycles. The van der Waals surface area contributed by atoms with E-state index in [0.717, 1.165) is 12.3 Å². The fourth-order valence-electron chi connectivity index (χ4n) is 2.22.